The lowest BCUT2D eigenvalue weighted by atomic mass is 10.1. The summed E-state index contributed by atoms with van der Waals surface area (Å²) in [6.45, 7) is -0.0828. The molecule has 9 nitrogen and oxygen atoms in total. The molecule has 0 atom stereocenters. The van der Waals surface area contributed by atoms with E-state index in [2.05, 4.69) is 15.6 Å². The van der Waals surface area contributed by atoms with Gasteiger partial charge < -0.3 is 10.4 Å². The van der Waals surface area contributed by atoms with Gasteiger partial charge in [-0.3, -0.25) is 9.69 Å². The highest BCUT2D eigenvalue weighted by Crippen LogP contribution is 2.38. The van der Waals surface area contributed by atoms with Gasteiger partial charge in [-0.15, -0.1) is 4.91 Å². The van der Waals surface area contributed by atoms with Gasteiger partial charge in [-0.1, -0.05) is 35.3 Å². The number of carbonyl (C=O) groups is 2. The highest BCUT2D eigenvalue weighted by Gasteiger charge is 2.34. The second kappa shape index (κ2) is 10.1. The van der Waals surface area contributed by atoms with E-state index in [9.17, 15) is 24.0 Å². The van der Waals surface area contributed by atoms with E-state index in [1.165, 1.54) is 65.4 Å². The SMILES string of the molecule is O=Nc1ccc(-n2nc(-c3ccc(Cl)cc3Cl)c(/C=C3\NC(=O)N(Cc4ccc(F)cc4)C3=O)c2O)cc1. The van der Waals surface area contributed by atoms with E-state index in [-0.39, 0.29) is 40.1 Å². The number of aromatic nitrogens is 2. The maximum absolute atomic E-state index is 13.3. The average molecular weight is 552 g/mol. The molecule has 0 spiro atoms. The fourth-order valence-corrected chi connectivity index (χ4v) is 4.40. The summed E-state index contributed by atoms with van der Waals surface area (Å²) in [5, 5.41) is 21.6. The number of benzene rings is 3. The summed E-state index contributed by atoms with van der Waals surface area (Å²) in [7, 11) is 0. The Bertz CT molecular complexity index is 1620. The minimum atomic E-state index is -0.680. The average Bonchev–Trinajstić information content (AvgIpc) is 3.36. The molecule has 3 amide bonds. The van der Waals surface area contributed by atoms with Crippen LogP contribution in [-0.4, -0.2) is 31.7 Å². The topological polar surface area (TPSA) is 117 Å². The third kappa shape index (κ3) is 4.74. The van der Waals surface area contributed by atoms with E-state index in [1.54, 1.807) is 12.1 Å². The predicted octanol–water partition coefficient (Wildman–Crippen LogP) is 6.18. The van der Waals surface area contributed by atoms with Crippen molar-refractivity contribution >= 4 is 46.9 Å². The number of imide groups is 1. The van der Waals surface area contributed by atoms with Crippen LogP contribution in [0.15, 0.2) is 77.6 Å². The van der Waals surface area contributed by atoms with Crippen molar-refractivity contribution in [3.05, 3.63) is 104 Å². The molecule has 0 unspecified atom stereocenters. The molecule has 0 saturated carbocycles. The molecule has 1 aliphatic rings. The van der Waals surface area contributed by atoms with Gasteiger partial charge in [0.2, 0.25) is 5.88 Å². The smallest absolute Gasteiger partial charge is 0.329 e. The first-order valence-corrected chi connectivity index (χ1v) is 11.8. The first-order chi connectivity index (χ1) is 18.2. The lowest BCUT2D eigenvalue weighted by molar-refractivity contribution is -0.123. The third-order valence-electron chi connectivity index (χ3n) is 5.79. The van der Waals surface area contributed by atoms with Crippen LogP contribution < -0.4 is 5.32 Å². The molecule has 1 aliphatic heterocycles. The standard InChI is InChI=1S/C26H16Cl2FN5O4/c27-15-3-10-19(21(28)11-15)23-20(24(35)34(31-23)18-8-6-17(32-38)7-9-18)12-22-25(36)33(26(37)30-22)13-14-1-4-16(29)5-2-14/h1-12,35H,13H2,(H,30,37)/b22-12-. The second-order valence-corrected chi connectivity index (χ2v) is 9.08. The molecule has 38 heavy (non-hydrogen) atoms. The number of nitroso groups, excluding NO2 is 1. The zero-order valence-electron chi connectivity index (χ0n) is 19.2. The largest absolute Gasteiger partial charge is 0.493 e. The number of urea groups is 1. The summed E-state index contributed by atoms with van der Waals surface area (Å²) in [5.74, 6) is -1.45. The summed E-state index contributed by atoms with van der Waals surface area (Å²) in [6, 6.07) is 15.4. The fraction of sp³-hybridized carbons (Fsp3) is 0.0385. The second-order valence-electron chi connectivity index (χ2n) is 8.24. The maximum Gasteiger partial charge on any atom is 0.329 e. The zero-order valence-corrected chi connectivity index (χ0v) is 20.7. The molecule has 2 N–H and O–H groups in total. The summed E-state index contributed by atoms with van der Waals surface area (Å²) in [4.78, 5) is 37.5. The van der Waals surface area contributed by atoms with Gasteiger partial charge in [-0.25, -0.2) is 13.9 Å². The van der Waals surface area contributed by atoms with Gasteiger partial charge in [0, 0.05) is 10.6 Å². The molecule has 0 aliphatic carbocycles. The van der Waals surface area contributed by atoms with Gasteiger partial charge in [-0.05, 0) is 71.4 Å². The van der Waals surface area contributed by atoms with Gasteiger partial charge >= 0.3 is 6.03 Å². The Labute approximate surface area is 224 Å². The first-order valence-electron chi connectivity index (χ1n) is 11.1. The Morgan fingerprint density at radius 2 is 1.74 bits per heavy atom. The van der Waals surface area contributed by atoms with E-state index in [0.717, 1.165) is 4.90 Å². The zero-order chi connectivity index (χ0) is 27.0. The number of amides is 3. The molecule has 1 aromatic heterocycles. The van der Waals surface area contributed by atoms with Crippen LogP contribution in [-0.2, 0) is 11.3 Å². The van der Waals surface area contributed by atoms with Crippen LogP contribution >= 0.6 is 23.2 Å². The van der Waals surface area contributed by atoms with E-state index in [4.69, 9.17) is 23.2 Å². The van der Waals surface area contributed by atoms with Crippen molar-refractivity contribution in [2.75, 3.05) is 0 Å². The van der Waals surface area contributed by atoms with E-state index in [1.807, 2.05) is 0 Å². The van der Waals surface area contributed by atoms with Crippen LogP contribution in [0.5, 0.6) is 5.88 Å². The summed E-state index contributed by atoms with van der Waals surface area (Å²) in [5.41, 5.74) is 1.72. The van der Waals surface area contributed by atoms with Gasteiger partial charge in [0.05, 0.1) is 22.8 Å². The van der Waals surface area contributed by atoms with Crippen molar-refractivity contribution in [2.45, 2.75) is 6.54 Å². The van der Waals surface area contributed by atoms with Gasteiger partial charge in [0.1, 0.15) is 22.9 Å². The molecule has 3 aromatic carbocycles. The lowest BCUT2D eigenvalue weighted by Crippen LogP contribution is -2.30. The van der Waals surface area contributed by atoms with Crippen LogP contribution in [0.1, 0.15) is 11.1 Å². The van der Waals surface area contributed by atoms with E-state index in [0.29, 0.717) is 21.8 Å². The van der Waals surface area contributed by atoms with Crippen LogP contribution in [0.25, 0.3) is 23.0 Å². The Morgan fingerprint density at radius 3 is 2.39 bits per heavy atom. The molecule has 2 heterocycles. The minimum Gasteiger partial charge on any atom is -0.493 e. The van der Waals surface area contributed by atoms with Crippen molar-refractivity contribution in [1.29, 1.82) is 0 Å². The Hall–Kier alpha value is -4.54. The summed E-state index contributed by atoms with van der Waals surface area (Å²) >= 11 is 12.5. The summed E-state index contributed by atoms with van der Waals surface area (Å²) < 4.78 is 14.4. The van der Waals surface area contributed by atoms with Crippen molar-refractivity contribution in [2.24, 2.45) is 5.18 Å². The number of hydrogen-bond acceptors (Lipinski definition) is 6. The van der Waals surface area contributed by atoms with Gasteiger partial charge in [-0.2, -0.15) is 5.10 Å². The fourth-order valence-electron chi connectivity index (χ4n) is 3.90. The number of aromatic hydroxyl groups is 1. The molecule has 1 saturated heterocycles. The van der Waals surface area contributed by atoms with Crippen molar-refractivity contribution in [1.82, 2.24) is 20.0 Å². The molecule has 1 fully saturated rings. The van der Waals surface area contributed by atoms with Crippen LogP contribution in [0.2, 0.25) is 10.0 Å². The number of nitrogens with one attached hydrogen (secondary N) is 1. The van der Waals surface area contributed by atoms with Crippen LogP contribution in [0, 0.1) is 10.7 Å². The third-order valence-corrected chi connectivity index (χ3v) is 6.34. The predicted molar refractivity (Wildman–Crippen MR) is 140 cm³/mol. The van der Waals surface area contributed by atoms with E-state index >= 15 is 0 Å². The lowest BCUT2D eigenvalue weighted by Gasteiger charge is -2.11. The molecule has 12 heteroatoms. The normalized spacial score (nSPS) is 14.3. The van der Waals surface area contributed by atoms with E-state index < -0.39 is 17.8 Å². The quantitative estimate of drug-likeness (QED) is 0.168. The molecule has 0 bridgehead atoms. The molecular formula is C26H16Cl2FN5O4. The van der Waals surface area contributed by atoms with Crippen LogP contribution in [0.4, 0.5) is 14.9 Å². The monoisotopic (exact) mass is 551 g/mol. The number of rotatable bonds is 6. The first kappa shape index (κ1) is 25.1. The van der Waals surface area contributed by atoms with Crippen molar-refractivity contribution in [3.63, 3.8) is 0 Å². The van der Waals surface area contributed by atoms with Gasteiger partial charge in [0.15, 0.2) is 0 Å². The Balaban J connectivity index is 1.58. The molecule has 4 aromatic rings. The highest BCUT2D eigenvalue weighted by molar-refractivity contribution is 6.36. The summed E-state index contributed by atoms with van der Waals surface area (Å²) in [6.07, 6.45) is 1.30. The molecule has 0 radical (unpaired) electrons. The Morgan fingerprint density at radius 1 is 1.03 bits per heavy atom. The molecule has 5 rings (SSSR count). The van der Waals surface area contributed by atoms with Gasteiger partial charge in [0.25, 0.3) is 5.91 Å². The van der Waals surface area contributed by atoms with Crippen molar-refractivity contribution < 1.29 is 19.1 Å². The maximum atomic E-state index is 13.3. The number of halogens is 3. The van der Waals surface area contributed by atoms with Crippen LogP contribution in [0.3, 0.4) is 0 Å². The number of hydrogen-bond donors (Lipinski definition) is 2. The molecular weight excluding hydrogens is 536 g/mol. The number of carbonyl (C=O) groups excluding carboxylic acids is 2. The Kier molecular flexibility index (Phi) is 6.66. The highest BCUT2D eigenvalue weighted by atomic mass is 35.5. The van der Waals surface area contributed by atoms with Crippen molar-refractivity contribution in [3.8, 4) is 22.8 Å². The minimum absolute atomic E-state index is 0.0828. The molecule has 190 valence electrons. The number of nitrogens with zero attached hydrogens (tertiary/aromatic N) is 4.